The molecular weight excluding hydrogens is 427 g/mol. The summed E-state index contributed by atoms with van der Waals surface area (Å²) in [6.07, 6.45) is 5.81. The van der Waals surface area contributed by atoms with Crippen LogP contribution >= 0.6 is 0 Å². The lowest BCUT2D eigenvalue weighted by molar-refractivity contribution is -0.136. The molecule has 9 nitrogen and oxygen atoms in total. The van der Waals surface area contributed by atoms with Gasteiger partial charge >= 0.3 is 0 Å². The minimum atomic E-state index is -0.431. The van der Waals surface area contributed by atoms with E-state index >= 15 is 0 Å². The molecule has 0 bridgehead atoms. The average Bonchev–Trinajstić information content (AvgIpc) is 3.26. The van der Waals surface area contributed by atoms with Crippen LogP contribution in [-0.2, 0) is 16.1 Å². The molecule has 0 saturated carbocycles. The highest BCUT2D eigenvalue weighted by Gasteiger charge is 2.17. The number of halogens is 1. The first-order valence-electron chi connectivity index (χ1n) is 10.9. The number of aryl methyl sites for hydroxylation is 1. The van der Waals surface area contributed by atoms with Gasteiger partial charge in [0, 0.05) is 31.0 Å². The highest BCUT2D eigenvalue weighted by atomic mass is 19.1. The van der Waals surface area contributed by atoms with Crippen molar-refractivity contribution >= 4 is 17.5 Å². The van der Waals surface area contributed by atoms with E-state index in [0.717, 1.165) is 12.0 Å². The largest absolute Gasteiger partial charge is 0.491 e. The van der Waals surface area contributed by atoms with Crippen LogP contribution in [0.25, 0.3) is 11.3 Å². The molecule has 33 heavy (non-hydrogen) atoms. The fraction of sp³-hybridized carbons (Fsp3) is 0.391. The molecule has 3 heterocycles. The Morgan fingerprint density at radius 2 is 2.09 bits per heavy atom. The molecule has 174 valence electrons. The molecule has 0 spiro atoms. The minimum absolute atomic E-state index is 0.00443. The number of carbonyl (C=O) groups excluding carboxylic acids is 1. The normalized spacial score (nSPS) is 13.7. The van der Waals surface area contributed by atoms with E-state index in [9.17, 15) is 9.18 Å². The van der Waals surface area contributed by atoms with E-state index in [0.29, 0.717) is 55.8 Å². The van der Waals surface area contributed by atoms with Crippen molar-refractivity contribution in [3.63, 3.8) is 0 Å². The summed E-state index contributed by atoms with van der Waals surface area (Å²) in [5.74, 6) is 0.140. The number of amides is 1. The zero-order valence-corrected chi connectivity index (χ0v) is 18.8. The summed E-state index contributed by atoms with van der Waals surface area (Å²) >= 11 is 0. The highest BCUT2D eigenvalue weighted by molar-refractivity contribution is 5.76. The molecule has 0 aliphatic carbocycles. The van der Waals surface area contributed by atoms with Gasteiger partial charge in [0.25, 0.3) is 0 Å². The molecule has 1 aliphatic rings. The van der Waals surface area contributed by atoms with Gasteiger partial charge < -0.3 is 19.7 Å². The maximum Gasteiger partial charge on any atom is 0.244 e. The Morgan fingerprint density at radius 3 is 2.85 bits per heavy atom. The van der Waals surface area contributed by atoms with Crippen LogP contribution in [0.2, 0.25) is 0 Å². The number of hydrogen-bond acceptors (Lipinski definition) is 7. The van der Waals surface area contributed by atoms with Crippen LogP contribution in [-0.4, -0.2) is 63.5 Å². The number of nitrogens with zero attached hydrogens (tertiary/aromatic N) is 5. The van der Waals surface area contributed by atoms with Gasteiger partial charge in [0.05, 0.1) is 37.4 Å². The van der Waals surface area contributed by atoms with Crippen LogP contribution in [0.4, 0.5) is 16.0 Å². The molecule has 2 aromatic heterocycles. The van der Waals surface area contributed by atoms with Gasteiger partial charge in [-0.15, -0.1) is 0 Å². The van der Waals surface area contributed by atoms with Gasteiger partial charge in [0.2, 0.25) is 11.9 Å². The van der Waals surface area contributed by atoms with Gasteiger partial charge in [-0.05, 0) is 37.1 Å². The first-order chi connectivity index (χ1) is 16.0. The maximum absolute atomic E-state index is 14.4. The van der Waals surface area contributed by atoms with Gasteiger partial charge in [0.1, 0.15) is 6.54 Å². The second kappa shape index (κ2) is 10.4. The lowest BCUT2D eigenvalue weighted by atomic mass is 10.1. The first kappa shape index (κ1) is 22.7. The molecule has 1 amide bonds. The molecule has 4 rings (SSSR count). The number of aromatic nitrogens is 4. The van der Waals surface area contributed by atoms with Crippen molar-refractivity contribution in [3.05, 3.63) is 48.2 Å². The van der Waals surface area contributed by atoms with E-state index in [1.807, 2.05) is 13.8 Å². The topological polar surface area (TPSA) is 94.4 Å². The zero-order valence-electron chi connectivity index (χ0n) is 18.8. The van der Waals surface area contributed by atoms with E-state index in [1.54, 1.807) is 40.3 Å². The lowest BCUT2D eigenvalue weighted by Gasteiger charge is -2.26. The maximum atomic E-state index is 14.4. The number of nitrogens with one attached hydrogen (secondary N) is 1. The number of morpholine rings is 1. The van der Waals surface area contributed by atoms with Gasteiger partial charge in [-0.25, -0.2) is 14.4 Å². The molecule has 1 N–H and O–H groups in total. The SMILES string of the molecule is CCCOc1ccc(-c2nc(Nc3cnn(CC(=O)N4CCOCC4)c3)ncc2C)cc1F. The molecule has 0 atom stereocenters. The number of rotatable bonds is 8. The third kappa shape index (κ3) is 5.64. The standard InChI is InChI=1S/C23H27FN6O3/c1-3-8-33-20-5-4-17(11-19(20)24)22-16(2)12-25-23(28-22)27-18-13-26-30(14-18)15-21(31)29-6-9-32-10-7-29/h4-5,11-14H,3,6-10,15H2,1-2H3,(H,25,27,28). The fourth-order valence-corrected chi connectivity index (χ4v) is 3.47. The smallest absolute Gasteiger partial charge is 0.244 e. The van der Waals surface area contributed by atoms with Crippen molar-refractivity contribution in [2.75, 3.05) is 38.2 Å². The fourth-order valence-electron chi connectivity index (χ4n) is 3.47. The van der Waals surface area contributed by atoms with Crippen LogP contribution in [0.15, 0.2) is 36.8 Å². The minimum Gasteiger partial charge on any atom is -0.491 e. The van der Waals surface area contributed by atoms with Gasteiger partial charge in [-0.1, -0.05) is 6.92 Å². The summed E-state index contributed by atoms with van der Waals surface area (Å²) in [7, 11) is 0. The van der Waals surface area contributed by atoms with Gasteiger partial charge in [-0.3, -0.25) is 9.48 Å². The van der Waals surface area contributed by atoms with Crippen molar-refractivity contribution in [2.24, 2.45) is 0 Å². The van der Waals surface area contributed by atoms with Gasteiger partial charge in [-0.2, -0.15) is 5.10 Å². The van der Waals surface area contributed by atoms with Crippen LogP contribution in [0.3, 0.4) is 0 Å². The number of hydrogen-bond donors (Lipinski definition) is 1. The van der Waals surface area contributed by atoms with E-state index in [1.165, 1.54) is 6.07 Å². The second-order valence-electron chi connectivity index (χ2n) is 7.76. The Bertz CT molecular complexity index is 1110. The number of ether oxygens (including phenoxy) is 2. The molecule has 1 saturated heterocycles. The lowest BCUT2D eigenvalue weighted by Crippen LogP contribution is -2.42. The summed E-state index contributed by atoms with van der Waals surface area (Å²) in [5, 5.41) is 7.35. The van der Waals surface area contributed by atoms with E-state index in [-0.39, 0.29) is 18.2 Å². The third-order valence-electron chi connectivity index (χ3n) is 5.19. The molecule has 1 aromatic carbocycles. The summed E-state index contributed by atoms with van der Waals surface area (Å²) in [6.45, 7) is 6.75. The van der Waals surface area contributed by atoms with Crippen molar-refractivity contribution in [1.82, 2.24) is 24.6 Å². The summed E-state index contributed by atoms with van der Waals surface area (Å²) in [6, 6.07) is 4.81. The summed E-state index contributed by atoms with van der Waals surface area (Å²) in [5.41, 5.74) is 2.71. The molecule has 0 radical (unpaired) electrons. The quantitative estimate of drug-likeness (QED) is 0.559. The number of carbonyl (C=O) groups is 1. The third-order valence-corrected chi connectivity index (χ3v) is 5.19. The Balaban J connectivity index is 1.45. The Morgan fingerprint density at radius 1 is 1.27 bits per heavy atom. The second-order valence-corrected chi connectivity index (χ2v) is 7.76. The van der Waals surface area contributed by atoms with E-state index in [2.05, 4.69) is 20.4 Å². The molecule has 1 aliphatic heterocycles. The molecule has 0 unspecified atom stereocenters. The zero-order chi connectivity index (χ0) is 23.2. The van der Waals surface area contributed by atoms with E-state index in [4.69, 9.17) is 9.47 Å². The monoisotopic (exact) mass is 454 g/mol. The Hall–Kier alpha value is -3.53. The van der Waals surface area contributed by atoms with Crippen LogP contribution in [0.1, 0.15) is 18.9 Å². The van der Waals surface area contributed by atoms with E-state index < -0.39 is 5.82 Å². The van der Waals surface area contributed by atoms with Crippen LogP contribution < -0.4 is 10.1 Å². The van der Waals surface area contributed by atoms with Gasteiger partial charge in [0.15, 0.2) is 11.6 Å². The molecule has 3 aromatic rings. The molecule has 10 heteroatoms. The summed E-state index contributed by atoms with van der Waals surface area (Å²) in [4.78, 5) is 23.1. The highest BCUT2D eigenvalue weighted by Crippen LogP contribution is 2.27. The van der Waals surface area contributed by atoms with Crippen molar-refractivity contribution in [2.45, 2.75) is 26.8 Å². The van der Waals surface area contributed by atoms with Crippen molar-refractivity contribution in [1.29, 1.82) is 0 Å². The molecule has 1 fully saturated rings. The number of anilines is 2. The Labute approximate surface area is 191 Å². The Kier molecular flexibility index (Phi) is 7.13. The van der Waals surface area contributed by atoms with Crippen LogP contribution in [0.5, 0.6) is 5.75 Å². The molecular formula is C23H27FN6O3. The first-order valence-corrected chi connectivity index (χ1v) is 10.9. The number of benzene rings is 1. The average molecular weight is 455 g/mol. The van der Waals surface area contributed by atoms with Crippen molar-refractivity contribution in [3.8, 4) is 17.0 Å². The predicted octanol–water partition coefficient (Wildman–Crippen LogP) is 3.18. The summed E-state index contributed by atoms with van der Waals surface area (Å²) < 4.78 is 26.7. The van der Waals surface area contributed by atoms with Crippen LogP contribution in [0, 0.1) is 12.7 Å². The predicted molar refractivity (Wildman–Crippen MR) is 121 cm³/mol. The van der Waals surface area contributed by atoms with Crippen molar-refractivity contribution < 1.29 is 18.7 Å².